The second-order valence-electron chi connectivity index (χ2n) is 11.6. The first-order valence-corrected chi connectivity index (χ1v) is 15.2. The number of nitrogens with zero attached hydrogens (tertiary/aromatic N) is 4. The number of benzene rings is 2. The molecule has 214 valence electrons. The van der Waals surface area contributed by atoms with Gasteiger partial charge in [0.15, 0.2) is 0 Å². The Morgan fingerprint density at radius 2 is 1.78 bits per heavy atom. The molecule has 3 heterocycles. The van der Waals surface area contributed by atoms with Crippen LogP contribution < -0.4 is 10.2 Å². The number of amides is 2. The zero-order chi connectivity index (χ0) is 28.3. The van der Waals surface area contributed by atoms with Crippen LogP contribution in [-0.2, 0) is 13.0 Å². The minimum atomic E-state index is -0.187. The first-order valence-electron chi connectivity index (χ1n) is 14.8. The Morgan fingerprint density at radius 3 is 2.56 bits per heavy atom. The van der Waals surface area contributed by atoms with Gasteiger partial charge in [-0.2, -0.15) is 0 Å². The number of pyridine rings is 1. The van der Waals surface area contributed by atoms with Gasteiger partial charge in [0, 0.05) is 57.6 Å². The Bertz CT molecular complexity index is 1410. The van der Waals surface area contributed by atoms with Crippen molar-refractivity contribution in [2.24, 2.45) is 0 Å². The average Bonchev–Trinajstić information content (AvgIpc) is 3.68. The third kappa shape index (κ3) is 6.11. The zero-order valence-corrected chi connectivity index (χ0v) is 24.4. The molecular formula is C33H38ClN5O2. The van der Waals surface area contributed by atoms with Crippen LogP contribution in [-0.4, -0.2) is 65.9 Å². The number of hydrogen-bond donors (Lipinski definition) is 1. The highest BCUT2D eigenvalue weighted by molar-refractivity contribution is 6.33. The van der Waals surface area contributed by atoms with E-state index in [9.17, 15) is 9.59 Å². The number of carbonyl (C=O) groups excluding carboxylic acids is 2. The number of likely N-dealkylation sites (tertiary alicyclic amines) is 1. The molecule has 0 saturated carbocycles. The molecule has 41 heavy (non-hydrogen) atoms. The van der Waals surface area contributed by atoms with Crippen LogP contribution in [0.15, 0.2) is 60.8 Å². The molecule has 2 amide bonds. The van der Waals surface area contributed by atoms with Crippen molar-refractivity contribution >= 4 is 29.2 Å². The Balaban J connectivity index is 1.05. The van der Waals surface area contributed by atoms with E-state index in [-0.39, 0.29) is 23.9 Å². The first-order chi connectivity index (χ1) is 20.0. The summed E-state index contributed by atoms with van der Waals surface area (Å²) in [4.78, 5) is 37.9. The Kier molecular flexibility index (Phi) is 8.26. The maximum Gasteiger partial charge on any atom is 0.253 e. The Hall–Kier alpha value is -3.42. The molecule has 8 heteroatoms. The highest BCUT2D eigenvalue weighted by Crippen LogP contribution is 2.33. The molecule has 1 N–H and O–H groups in total. The van der Waals surface area contributed by atoms with Gasteiger partial charge in [0.25, 0.3) is 11.8 Å². The van der Waals surface area contributed by atoms with Gasteiger partial charge in [-0.3, -0.25) is 14.5 Å². The highest BCUT2D eigenvalue weighted by atomic mass is 35.5. The molecule has 3 aromatic rings. The number of aryl methyl sites for hydroxylation is 1. The lowest BCUT2D eigenvalue weighted by Crippen LogP contribution is -2.45. The van der Waals surface area contributed by atoms with Crippen LogP contribution in [0.2, 0.25) is 5.02 Å². The van der Waals surface area contributed by atoms with Crippen LogP contribution in [0, 0.1) is 0 Å². The summed E-state index contributed by atoms with van der Waals surface area (Å²) >= 11 is 6.24. The zero-order valence-electron chi connectivity index (χ0n) is 23.7. The maximum atomic E-state index is 13.6. The molecule has 7 nitrogen and oxygen atoms in total. The normalized spacial score (nSPS) is 19.3. The minimum Gasteiger partial charge on any atom is -0.357 e. The SMILES string of the molecule is CN(C(=O)c1ccc2c(c1)[C@H](NC(=O)c1ccccc1Cl)CC2)C1CCN(Cc2ccnc(N3CCCC3)c2)CC1. The Labute approximate surface area is 247 Å². The van der Waals surface area contributed by atoms with Gasteiger partial charge in [0.1, 0.15) is 5.82 Å². The third-order valence-electron chi connectivity index (χ3n) is 8.97. The largest absolute Gasteiger partial charge is 0.357 e. The number of hydrogen-bond acceptors (Lipinski definition) is 5. The average molecular weight is 572 g/mol. The fraction of sp³-hybridized carbons (Fsp3) is 0.424. The van der Waals surface area contributed by atoms with Crippen molar-refractivity contribution in [1.82, 2.24) is 20.1 Å². The molecule has 1 aliphatic carbocycles. The first kappa shape index (κ1) is 27.7. The summed E-state index contributed by atoms with van der Waals surface area (Å²) in [5.41, 5.74) is 4.67. The fourth-order valence-corrected chi connectivity index (χ4v) is 6.76. The summed E-state index contributed by atoms with van der Waals surface area (Å²) in [5, 5.41) is 3.57. The van der Waals surface area contributed by atoms with Crippen molar-refractivity contribution < 1.29 is 9.59 Å². The lowest BCUT2D eigenvalue weighted by atomic mass is 10.00. The van der Waals surface area contributed by atoms with Gasteiger partial charge < -0.3 is 15.1 Å². The number of carbonyl (C=O) groups is 2. The molecule has 2 saturated heterocycles. The monoisotopic (exact) mass is 571 g/mol. The predicted molar refractivity (Wildman–Crippen MR) is 162 cm³/mol. The van der Waals surface area contributed by atoms with Crippen LogP contribution in [0.1, 0.15) is 75.6 Å². The van der Waals surface area contributed by atoms with E-state index in [0.717, 1.165) is 69.8 Å². The van der Waals surface area contributed by atoms with Gasteiger partial charge in [-0.1, -0.05) is 29.8 Å². The van der Waals surface area contributed by atoms with Crippen molar-refractivity contribution in [3.8, 4) is 0 Å². The summed E-state index contributed by atoms with van der Waals surface area (Å²) in [6.45, 7) is 5.04. The lowest BCUT2D eigenvalue weighted by molar-refractivity contribution is 0.0636. The van der Waals surface area contributed by atoms with E-state index in [2.05, 4.69) is 32.2 Å². The number of rotatable bonds is 7. The summed E-state index contributed by atoms with van der Waals surface area (Å²) in [6.07, 6.45) is 8.03. The van der Waals surface area contributed by atoms with E-state index in [1.807, 2.05) is 48.5 Å². The molecule has 2 fully saturated rings. The molecule has 6 rings (SSSR count). The number of halogens is 1. The van der Waals surface area contributed by atoms with Crippen molar-refractivity contribution in [1.29, 1.82) is 0 Å². The Morgan fingerprint density at radius 1 is 1.00 bits per heavy atom. The summed E-state index contributed by atoms with van der Waals surface area (Å²) < 4.78 is 0. The highest BCUT2D eigenvalue weighted by Gasteiger charge is 2.29. The van der Waals surface area contributed by atoms with E-state index < -0.39 is 0 Å². The topological polar surface area (TPSA) is 68.8 Å². The van der Waals surface area contributed by atoms with E-state index >= 15 is 0 Å². The van der Waals surface area contributed by atoms with Crippen LogP contribution >= 0.6 is 11.6 Å². The fourth-order valence-electron chi connectivity index (χ4n) is 6.54. The van der Waals surface area contributed by atoms with Crippen molar-refractivity contribution in [2.45, 2.75) is 57.2 Å². The number of anilines is 1. The third-order valence-corrected chi connectivity index (χ3v) is 9.30. The van der Waals surface area contributed by atoms with Gasteiger partial charge in [0.2, 0.25) is 0 Å². The molecule has 2 aromatic carbocycles. The molecule has 0 spiro atoms. The molecular weight excluding hydrogens is 534 g/mol. The van der Waals surface area contributed by atoms with Crippen LogP contribution in [0.3, 0.4) is 0 Å². The smallest absolute Gasteiger partial charge is 0.253 e. The van der Waals surface area contributed by atoms with E-state index in [4.69, 9.17) is 11.6 Å². The summed E-state index contributed by atoms with van der Waals surface area (Å²) in [6, 6.07) is 17.5. The van der Waals surface area contributed by atoms with Crippen LogP contribution in [0.4, 0.5) is 5.82 Å². The van der Waals surface area contributed by atoms with Crippen molar-refractivity contribution in [3.05, 3.63) is 93.6 Å². The molecule has 1 aromatic heterocycles. The molecule has 0 bridgehead atoms. The number of fused-ring (bicyclic) bond motifs is 1. The van der Waals surface area contributed by atoms with Gasteiger partial charge in [-0.15, -0.1) is 0 Å². The van der Waals surface area contributed by atoms with Gasteiger partial charge in [-0.25, -0.2) is 4.98 Å². The van der Waals surface area contributed by atoms with E-state index in [0.29, 0.717) is 16.1 Å². The lowest BCUT2D eigenvalue weighted by Gasteiger charge is -2.37. The molecule has 1 atom stereocenters. The van der Waals surface area contributed by atoms with Crippen LogP contribution in [0.25, 0.3) is 0 Å². The summed E-state index contributed by atoms with van der Waals surface area (Å²) in [5.74, 6) is 0.951. The molecule has 2 aliphatic heterocycles. The second kappa shape index (κ2) is 12.2. The number of piperidine rings is 1. The van der Waals surface area contributed by atoms with Crippen LogP contribution in [0.5, 0.6) is 0 Å². The molecule has 0 unspecified atom stereocenters. The summed E-state index contributed by atoms with van der Waals surface area (Å²) in [7, 11) is 1.93. The predicted octanol–water partition coefficient (Wildman–Crippen LogP) is 5.49. The quantitative estimate of drug-likeness (QED) is 0.406. The van der Waals surface area contributed by atoms with Crippen molar-refractivity contribution in [3.63, 3.8) is 0 Å². The minimum absolute atomic E-state index is 0.0405. The van der Waals surface area contributed by atoms with Crippen molar-refractivity contribution in [2.75, 3.05) is 38.1 Å². The van der Waals surface area contributed by atoms with Gasteiger partial charge in [0.05, 0.1) is 16.6 Å². The van der Waals surface area contributed by atoms with E-state index in [1.54, 1.807) is 12.1 Å². The standard InChI is InChI=1S/C33H38ClN5O2/c1-37(26-13-18-38(19-14-26)22-23-12-15-35-31(20-23)39-16-4-5-17-39)33(41)25-9-8-24-10-11-30(28(24)21-25)36-32(40)27-6-2-3-7-29(27)34/h2-3,6-9,12,15,20-21,26,30H,4-5,10-11,13-14,16-19,22H2,1H3,(H,36,40)/t30-/m1/s1. The number of nitrogens with one attached hydrogen (secondary N) is 1. The number of aromatic nitrogens is 1. The second-order valence-corrected chi connectivity index (χ2v) is 12.0. The van der Waals surface area contributed by atoms with Gasteiger partial charge >= 0.3 is 0 Å². The maximum absolute atomic E-state index is 13.6. The van der Waals surface area contributed by atoms with E-state index in [1.165, 1.54) is 24.0 Å². The molecule has 0 radical (unpaired) electrons. The molecule has 3 aliphatic rings. The van der Waals surface area contributed by atoms with Gasteiger partial charge in [-0.05, 0) is 91.6 Å².